The first-order chi connectivity index (χ1) is 22.1. The molecule has 4 aliphatic heterocycles. The fourth-order valence-electron chi connectivity index (χ4n) is 8.68. The summed E-state index contributed by atoms with van der Waals surface area (Å²) in [5.74, 6) is 1.23. The van der Waals surface area contributed by atoms with Crippen molar-refractivity contribution in [2.24, 2.45) is 16.7 Å². The summed E-state index contributed by atoms with van der Waals surface area (Å²) in [4.78, 5) is 37.0. The number of halogens is 1. The van der Waals surface area contributed by atoms with Crippen molar-refractivity contribution in [3.63, 3.8) is 0 Å². The van der Waals surface area contributed by atoms with E-state index in [0.717, 1.165) is 77.9 Å². The Bertz CT molecular complexity index is 1460. The number of aromatic nitrogens is 3. The van der Waals surface area contributed by atoms with Crippen molar-refractivity contribution in [1.82, 2.24) is 35.6 Å². The molecule has 1 aromatic heterocycles. The van der Waals surface area contributed by atoms with E-state index < -0.39 is 5.82 Å². The Morgan fingerprint density at radius 3 is 2.52 bits per heavy atom. The third-order valence-corrected chi connectivity index (χ3v) is 11.5. The van der Waals surface area contributed by atoms with Gasteiger partial charge in [0.1, 0.15) is 17.9 Å². The lowest BCUT2D eigenvalue weighted by Gasteiger charge is -2.54. The van der Waals surface area contributed by atoms with E-state index in [1.807, 2.05) is 20.8 Å². The van der Waals surface area contributed by atoms with Crippen LogP contribution in [0.1, 0.15) is 76.1 Å². The molecule has 0 bridgehead atoms. The SMILES string of the molecule is CCN(C(=O)c1cc(F)ccc1Oc1nncnc1N1CC2(CCN(CC3CCC4(CC3)CC3(CNC3)C(=O)N4)CC2)C1)C(C)C. The van der Waals surface area contributed by atoms with Gasteiger partial charge in [0.05, 0.1) is 11.0 Å². The quantitative estimate of drug-likeness (QED) is 0.449. The molecule has 7 rings (SSSR count). The molecule has 46 heavy (non-hydrogen) atoms. The van der Waals surface area contributed by atoms with Gasteiger partial charge < -0.3 is 30.1 Å². The van der Waals surface area contributed by atoms with Gasteiger partial charge in [-0.1, -0.05) is 0 Å². The Hall–Kier alpha value is -3.38. The molecule has 248 valence electrons. The fourth-order valence-corrected chi connectivity index (χ4v) is 8.68. The highest BCUT2D eigenvalue weighted by molar-refractivity contribution is 5.97. The van der Waals surface area contributed by atoms with Crippen LogP contribution in [0.3, 0.4) is 0 Å². The number of ether oxygens (including phenoxy) is 1. The monoisotopic (exact) mass is 634 g/mol. The minimum Gasteiger partial charge on any atom is -0.434 e. The van der Waals surface area contributed by atoms with E-state index >= 15 is 0 Å². The zero-order valence-electron chi connectivity index (χ0n) is 27.4. The first-order valence-electron chi connectivity index (χ1n) is 17.1. The first kappa shape index (κ1) is 31.2. The van der Waals surface area contributed by atoms with Crippen LogP contribution in [-0.4, -0.2) is 101 Å². The van der Waals surface area contributed by atoms with E-state index in [4.69, 9.17) is 4.74 Å². The molecule has 1 aromatic carbocycles. The van der Waals surface area contributed by atoms with Crippen LogP contribution in [0.25, 0.3) is 0 Å². The number of amides is 2. The van der Waals surface area contributed by atoms with Gasteiger partial charge in [0.2, 0.25) is 5.91 Å². The zero-order chi connectivity index (χ0) is 32.1. The number of benzene rings is 1. The van der Waals surface area contributed by atoms with Gasteiger partial charge in [0.25, 0.3) is 11.8 Å². The summed E-state index contributed by atoms with van der Waals surface area (Å²) >= 11 is 0. The predicted octanol–water partition coefficient (Wildman–Crippen LogP) is 3.61. The summed E-state index contributed by atoms with van der Waals surface area (Å²) in [5, 5.41) is 14.9. The summed E-state index contributed by atoms with van der Waals surface area (Å²) in [6, 6.07) is 3.94. The highest BCUT2D eigenvalue weighted by atomic mass is 19.1. The predicted molar refractivity (Wildman–Crippen MR) is 171 cm³/mol. The Labute approximate surface area is 270 Å². The van der Waals surface area contributed by atoms with Crippen molar-refractivity contribution in [3.8, 4) is 11.6 Å². The second-order valence-electron chi connectivity index (χ2n) is 14.9. The zero-order valence-corrected chi connectivity index (χ0v) is 27.4. The van der Waals surface area contributed by atoms with Crippen LogP contribution < -0.4 is 20.3 Å². The van der Waals surface area contributed by atoms with Gasteiger partial charge in [-0.2, -0.15) is 0 Å². The molecule has 3 spiro atoms. The number of piperidine rings is 1. The summed E-state index contributed by atoms with van der Waals surface area (Å²) in [6.07, 6.45) is 9.30. The van der Waals surface area contributed by atoms with Crippen molar-refractivity contribution < 1.29 is 18.7 Å². The third kappa shape index (κ3) is 5.72. The Morgan fingerprint density at radius 1 is 1.15 bits per heavy atom. The molecule has 1 saturated carbocycles. The van der Waals surface area contributed by atoms with Crippen LogP contribution in [0.4, 0.5) is 10.2 Å². The van der Waals surface area contributed by atoms with Crippen molar-refractivity contribution >= 4 is 17.6 Å². The Morgan fingerprint density at radius 2 is 1.89 bits per heavy atom. The number of carbonyl (C=O) groups is 2. The lowest BCUT2D eigenvalue weighted by molar-refractivity contribution is -0.130. The molecule has 5 aliphatic rings. The maximum Gasteiger partial charge on any atom is 0.282 e. The van der Waals surface area contributed by atoms with Crippen molar-refractivity contribution in [2.45, 2.75) is 77.3 Å². The summed E-state index contributed by atoms with van der Waals surface area (Å²) in [7, 11) is 0. The second-order valence-corrected chi connectivity index (χ2v) is 14.9. The normalized spacial score (nSPS) is 26.7. The molecular weight excluding hydrogens is 587 g/mol. The third-order valence-electron chi connectivity index (χ3n) is 11.5. The topological polar surface area (TPSA) is 116 Å². The molecule has 2 aromatic rings. The van der Waals surface area contributed by atoms with Crippen molar-refractivity contribution in [3.05, 3.63) is 35.9 Å². The molecule has 2 amide bonds. The number of rotatable bonds is 8. The van der Waals surface area contributed by atoms with Gasteiger partial charge in [-0.05, 0) is 103 Å². The molecule has 5 heterocycles. The van der Waals surface area contributed by atoms with E-state index in [1.165, 1.54) is 37.4 Å². The molecule has 0 atom stereocenters. The van der Waals surface area contributed by atoms with Gasteiger partial charge >= 0.3 is 0 Å². The Balaban J connectivity index is 0.931. The van der Waals surface area contributed by atoms with E-state index in [1.54, 1.807) is 4.90 Å². The minimum absolute atomic E-state index is 0.0349. The van der Waals surface area contributed by atoms with Gasteiger partial charge in [-0.15, -0.1) is 10.2 Å². The largest absolute Gasteiger partial charge is 0.434 e. The minimum atomic E-state index is -0.502. The number of anilines is 1. The Kier molecular flexibility index (Phi) is 8.15. The molecule has 0 radical (unpaired) electrons. The molecule has 11 nitrogen and oxygen atoms in total. The highest BCUT2D eigenvalue weighted by Crippen LogP contribution is 2.48. The van der Waals surface area contributed by atoms with Gasteiger partial charge in [0.15, 0.2) is 5.82 Å². The summed E-state index contributed by atoms with van der Waals surface area (Å²) < 4.78 is 20.4. The van der Waals surface area contributed by atoms with E-state index in [9.17, 15) is 14.0 Å². The average Bonchev–Trinajstić information content (AvgIpc) is 3.31. The van der Waals surface area contributed by atoms with Gasteiger partial charge in [0, 0.05) is 56.3 Å². The standard InChI is InChI=1S/C34H47FN8O3/c1-4-43(23(2)3)30(44)26-15-25(35)5-6-27(26)46-29-28(37-22-38-40-29)42-20-32(21-42)11-13-41(14-12-32)16-24-7-9-34(10-8-24)17-33(18-36-19-33)31(45)39-34/h5-6,15,22-24,36H,4,7-14,16-21H2,1-3H3,(H,39,45). The lowest BCUT2D eigenvalue weighted by Crippen LogP contribution is -2.61. The summed E-state index contributed by atoms with van der Waals surface area (Å²) in [5.41, 5.74) is 0.296. The van der Waals surface area contributed by atoms with Crippen molar-refractivity contribution in [2.75, 3.05) is 57.3 Å². The molecule has 2 N–H and O–H groups in total. The number of nitrogens with one attached hydrogen (secondary N) is 2. The van der Waals surface area contributed by atoms with Crippen LogP contribution >= 0.6 is 0 Å². The lowest BCUT2D eigenvalue weighted by atomic mass is 9.69. The number of hydrogen-bond donors (Lipinski definition) is 2. The van der Waals surface area contributed by atoms with Crippen LogP contribution in [0.15, 0.2) is 24.5 Å². The number of likely N-dealkylation sites (tertiary alicyclic amines) is 1. The maximum absolute atomic E-state index is 14.3. The first-order valence-corrected chi connectivity index (χ1v) is 17.1. The van der Waals surface area contributed by atoms with E-state index in [0.29, 0.717) is 18.3 Å². The molecule has 0 unspecified atom stereocenters. The smallest absolute Gasteiger partial charge is 0.282 e. The van der Waals surface area contributed by atoms with Gasteiger partial charge in [-0.25, -0.2) is 9.37 Å². The van der Waals surface area contributed by atoms with E-state index in [-0.39, 0.29) is 51.4 Å². The molecule has 5 fully saturated rings. The number of hydrogen-bond acceptors (Lipinski definition) is 9. The van der Waals surface area contributed by atoms with Crippen LogP contribution in [0.5, 0.6) is 11.6 Å². The van der Waals surface area contributed by atoms with Crippen molar-refractivity contribution in [1.29, 1.82) is 0 Å². The molecule has 12 heteroatoms. The van der Waals surface area contributed by atoms with E-state index in [2.05, 4.69) is 35.6 Å². The number of carbonyl (C=O) groups excluding carboxylic acids is 2. The average molecular weight is 635 g/mol. The highest BCUT2D eigenvalue weighted by Gasteiger charge is 2.57. The summed E-state index contributed by atoms with van der Waals surface area (Å²) in [6.45, 7) is 13.0. The maximum atomic E-state index is 14.3. The van der Waals surface area contributed by atoms with Gasteiger partial charge in [-0.3, -0.25) is 9.59 Å². The second kappa shape index (κ2) is 12.0. The van der Waals surface area contributed by atoms with Crippen LogP contribution in [0, 0.1) is 22.6 Å². The van der Waals surface area contributed by atoms with Crippen LogP contribution in [-0.2, 0) is 4.79 Å². The molecular formula is C34H47FN8O3. The number of nitrogens with zero attached hydrogens (tertiary/aromatic N) is 6. The molecule has 1 aliphatic carbocycles. The fraction of sp³-hybridized carbons (Fsp3) is 0.676. The molecule has 4 saturated heterocycles. The van der Waals surface area contributed by atoms with Crippen LogP contribution in [0.2, 0.25) is 0 Å².